The van der Waals surface area contributed by atoms with Gasteiger partial charge in [-0.3, -0.25) is 0 Å². The predicted molar refractivity (Wildman–Crippen MR) is 251 cm³/mol. The molecule has 0 amide bonds. The van der Waals surface area contributed by atoms with Crippen LogP contribution in [0.5, 0.6) is 23.0 Å². The minimum atomic E-state index is -3.61. The Labute approximate surface area is 383 Å². The van der Waals surface area contributed by atoms with E-state index >= 15 is 0 Å². The second-order valence-corrected chi connectivity index (χ2v) is 19.7. The summed E-state index contributed by atoms with van der Waals surface area (Å²) in [7, 11) is 11.7. The molecule has 0 radical (unpaired) electrons. The molecule has 0 aliphatic rings. The van der Waals surface area contributed by atoms with E-state index in [1.807, 2.05) is 68.5 Å². The number of halogens is 1. The van der Waals surface area contributed by atoms with Crippen LogP contribution >= 0.6 is 33.7 Å². The maximum absolute atomic E-state index is 12.8. The Balaban J connectivity index is 0.000000232. The van der Waals surface area contributed by atoms with E-state index in [-0.39, 0.29) is 9.79 Å². The maximum atomic E-state index is 12.8. The number of anilines is 2. The fraction of sp³-hybridized carbons (Fsp3) is 0.333. The summed E-state index contributed by atoms with van der Waals surface area (Å²) in [6.07, 6.45) is 1.33. The first-order chi connectivity index (χ1) is 30.1. The SMILES string of the molecule is CNCCN(C)c1nc(Cc2cccc(OC)c2)ns1.COc1ccc(S(=O)(=O)Cl)cc1.COc1ccc(S(=O)(=O)N(C)CCN(C)c2nc(Cc3cccc(OC)c3)ns2)cc1. The van der Waals surface area contributed by atoms with E-state index in [4.69, 9.17) is 29.6 Å². The summed E-state index contributed by atoms with van der Waals surface area (Å²) in [5, 5.41) is 4.83. The highest BCUT2D eigenvalue weighted by molar-refractivity contribution is 8.13. The largest absolute Gasteiger partial charge is 0.497 e. The van der Waals surface area contributed by atoms with Crippen LogP contribution in [0.4, 0.5) is 10.3 Å². The summed E-state index contributed by atoms with van der Waals surface area (Å²) >= 11 is 2.74. The van der Waals surface area contributed by atoms with Gasteiger partial charge in [-0.1, -0.05) is 24.3 Å². The van der Waals surface area contributed by atoms with E-state index in [1.165, 1.54) is 58.7 Å². The number of sulfonamides is 1. The lowest BCUT2D eigenvalue weighted by molar-refractivity contribution is 0.414. The molecular weight excluding hydrogens is 908 g/mol. The normalized spacial score (nSPS) is 11.1. The average Bonchev–Trinajstić information content (AvgIpc) is 3.97. The predicted octanol–water partition coefficient (Wildman–Crippen LogP) is 6.32. The number of nitrogens with one attached hydrogen (secondary N) is 1. The second kappa shape index (κ2) is 24.7. The number of ether oxygens (including phenoxy) is 4. The van der Waals surface area contributed by atoms with Crippen molar-refractivity contribution < 1.29 is 35.8 Å². The minimum absolute atomic E-state index is 0.0740. The molecule has 2 heterocycles. The standard InChI is InChI=1S/C21H26N4O4S2.C14H20N4OS.C7H7ClO3S/c1-24(12-13-25(2)31(26,27)19-10-8-17(28-3)9-11-19)21-22-20(23-30-21)15-16-6-5-7-18(14-16)29-4;1-15-7-8-18(2)14-16-13(17-20-14)10-11-5-4-6-12(9-11)19-3;1-11-6-2-4-7(5-3-6)12(8,9)10/h5-11,14H,12-13,15H2,1-4H3;4-6,9,15H,7-8,10H2,1-3H3;2-5H,1H3. The molecule has 0 atom stereocenters. The van der Waals surface area contributed by atoms with E-state index < -0.39 is 19.1 Å². The Kier molecular flexibility index (Phi) is 19.8. The zero-order valence-electron chi connectivity index (χ0n) is 36.4. The lowest BCUT2D eigenvalue weighted by atomic mass is 10.1. The first-order valence-corrected chi connectivity index (χ1v) is 24.6. The van der Waals surface area contributed by atoms with Gasteiger partial charge in [-0.05, 0) is 91.0 Å². The monoisotopic (exact) mass is 960 g/mol. The molecule has 0 saturated carbocycles. The van der Waals surface area contributed by atoms with Crippen LogP contribution in [0.15, 0.2) is 107 Å². The van der Waals surface area contributed by atoms with Gasteiger partial charge in [0.15, 0.2) is 0 Å². The van der Waals surface area contributed by atoms with Crippen molar-refractivity contribution in [3.63, 3.8) is 0 Å². The van der Waals surface area contributed by atoms with Gasteiger partial charge >= 0.3 is 0 Å². The third-order valence-corrected chi connectivity index (χ3v) is 14.1. The van der Waals surface area contributed by atoms with Crippen molar-refractivity contribution in [3.05, 3.63) is 120 Å². The molecule has 0 bridgehead atoms. The molecule has 0 aliphatic carbocycles. The van der Waals surface area contributed by atoms with Crippen molar-refractivity contribution in [1.29, 1.82) is 0 Å². The Morgan fingerprint density at radius 2 is 1.02 bits per heavy atom. The van der Waals surface area contributed by atoms with Gasteiger partial charge in [-0.25, -0.2) is 26.8 Å². The van der Waals surface area contributed by atoms with Crippen LogP contribution in [-0.4, -0.2) is 123 Å². The average molecular weight is 962 g/mol. The van der Waals surface area contributed by atoms with E-state index in [1.54, 1.807) is 52.6 Å². The van der Waals surface area contributed by atoms with Crippen LogP contribution in [0, 0.1) is 0 Å². The Hall–Kier alpha value is -5.09. The van der Waals surface area contributed by atoms with Crippen LogP contribution in [0.2, 0.25) is 0 Å². The minimum Gasteiger partial charge on any atom is -0.497 e. The number of nitrogens with zero attached hydrogens (tertiary/aromatic N) is 7. The van der Waals surface area contributed by atoms with Gasteiger partial charge in [0.05, 0.1) is 38.2 Å². The quantitative estimate of drug-likeness (QED) is 0.0892. The van der Waals surface area contributed by atoms with Gasteiger partial charge in [0.25, 0.3) is 9.05 Å². The fourth-order valence-corrected chi connectivity index (χ4v) is 8.69. The number of benzene rings is 4. The number of methoxy groups -OCH3 is 4. The van der Waals surface area contributed by atoms with Crippen molar-refractivity contribution in [2.45, 2.75) is 22.6 Å². The number of hydrogen-bond acceptors (Lipinski definition) is 17. The van der Waals surface area contributed by atoms with Gasteiger partial charge in [-0.15, -0.1) is 0 Å². The molecule has 0 aliphatic heterocycles. The highest BCUT2D eigenvalue weighted by Crippen LogP contribution is 2.23. The molecule has 0 unspecified atom stereocenters. The van der Waals surface area contributed by atoms with Crippen LogP contribution in [0.1, 0.15) is 22.8 Å². The van der Waals surface area contributed by atoms with Crippen LogP contribution in [0.3, 0.4) is 0 Å². The van der Waals surface area contributed by atoms with Crippen molar-refractivity contribution >= 4 is 63.1 Å². The van der Waals surface area contributed by atoms with E-state index in [0.717, 1.165) is 64.0 Å². The molecule has 4 aromatic carbocycles. The van der Waals surface area contributed by atoms with Crippen LogP contribution in [-0.2, 0) is 31.9 Å². The van der Waals surface area contributed by atoms with Crippen LogP contribution in [0.25, 0.3) is 0 Å². The molecule has 6 rings (SSSR count). The molecule has 2 aromatic heterocycles. The lowest BCUT2D eigenvalue weighted by Crippen LogP contribution is -2.34. The smallest absolute Gasteiger partial charge is 0.261 e. The van der Waals surface area contributed by atoms with Gasteiger partial charge < -0.3 is 34.1 Å². The van der Waals surface area contributed by atoms with Gasteiger partial charge in [0.1, 0.15) is 34.6 Å². The highest BCUT2D eigenvalue weighted by Gasteiger charge is 2.22. The first kappa shape index (κ1) is 50.6. The molecule has 1 N–H and O–H groups in total. The van der Waals surface area contributed by atoms with Crippen molar-refractivity contribution in [2.24, 2.45) is 0 Å². The molecule has 340 valence electrons. The molecular formula is C42H53ClN8O8S4. The van der Waals surface area contributed by atoms with Gasteiger partial charge in [0, 0.05) is 93.9 Å². The van der Waals surface area contributed by atoms with Crippen molar-refractivity contribution in [1.82, 2.24) is 28.3 Å². The molecule has 0 spiro atoms. The summed E-state index contributed by atoms with van der Waals surface area (Å²) in [6, 6.07) is 28.0. The van der Waals surface area contributed by atoms with E-state index in [2.05, 4.69) is 35.0 Å². The third-order valence-electron chi connectivity index (χ3n) is 9.12. The van der Waals surface area contributed by atoms with Crippen LogP contribution < -0.4 is 34.1 Å². The molecule has 0 fully saturated rings. The summed E-state index contributed by atoms with van der Waals surface area (Å²) < 4.78 is 77.7. The Morgan fingerprint density at radius 3 is 1.43 bits per heavy atom. The number of rotatable bonds is 19. The first-order valence-electron chi connectivity index (χ1n) is 19.3. The summed E-state index contributed by atoms with van der Waals surface area (Å²) in [4.78, 5) is 13.5. The molecule has 63 heavy (non-hydrogen) atoms. The zero-order chi connectivity index (χ0) is 46.0. The summed E-state index contributed by atoms with van der Waals surface area (Å²) in [5.41, 5.74) is 2.23. The molecule has 0 saturated heterocycles. The van der Waals surface area contributed by atoms with Crippen molar-refractivity contribution in [2.75, 3.05) is 92.6 Å². The highest BCUT2D eigenvalue weighted by atomic mass is 35.7. The summed E-state index contributed by atoms with van der Waals surface area (Å²) in [6.45, 7) is 2.65. The number of aromatic nitrogens is 4. The second-order valence-electron chi connectivity index (χ2n) is 13.6. The van der Waals surface area contributed by atoms with Gasteiger partial charge in [0.2, 0.25) is 20.3 Å². The van der Waals surface area contributed by atoms with Gasteiger partial charge in [-0.2, -0.15) is 13.1 Å². The van der Waals surface area contributed by atoms with E-state index in [9.17, 15) is 16.8 Å². The molecule has 16 nitrogen and oxygen atoms in total. The van der Waals surface area contributed by atoms with E-state index in [0.29, 0.717) is 31.0 Å². The maximum Gasteiger partial charge on any atom is 0.261 e. The molecule has 6 aromatic rings. The number of likely N-dealkylation sites (N-methyl/N-ethyl adjacent to an activating group) is 4. The fourth-order valence-electron chi connectivity index (χ4n) is 5.42. The molecule has 21 heteroatoms. The third kappa shape index (κ3) is 15.9. The zero-order valence-corrected chi connectivity index (χ0v) is 40.4. The Bertz CT molecular complexity index is 2530. The number of hydrogen-bond donors (Lipinski definition) is 1. The van der Waals surface area contributed by atoms with Crippen molar-refractivity contribution in [3.8, 4) is 23.0 Å². The summed E-state index contributed by atoms with van der Waals surface area (Å²) in [5.74, 6) is 4.45. The Morgan fingerprint density at radius 1 is 0.587 bits per heavy atom. The topological polar surface area (TPSA) is 179 Å². The lowest BCUT2D eigenvalue weighted by Gasteiger charge is -2.21.